The van der Waals surface area contributed by atoms with E-state index in [-0.39, 0.29) is 5.82 Å². The van der Waals surface area contributed by atoms with Crippen molar-refractivity contribution in [1.82, 2.24) is 15.0 Å². The molecule has 0 aliphatic carbocycles. The number of nitrogens with two attached hydrogens (primary N) is 1. The summed E-state index contributed by atoms with van der Waals surface area (Å²) in [4.78, 5) is 12.4. The quantitative estimate of drug-likeness (QED) is 0.709. The molecule has 0 aliphatic heterocycles. The van der Waals surface area contributed by atoms with Crippen LogP contribution in [0.5, 0.6) is 0 Å². The fourth-order valence-electron chi connectivity index (χ4n) is 1.75. The molecule has 0 saturated carbocycles. The standard InChI is InChI=1S/C13H9FN4/c14-10-2-1-3-11-9(10)6-8(7-17-11)13-16-5-4-12(15)18-13/h1-7H,(H2,15,16,18). The number of fused-ring (bicyclic) bond motifs is 1. The van der Waals surface area contributed by atoms with Gasteiger partial charge >= 0.3 is 0 Å². The number of pyridine rings is 1. The molecule has 0 amide bonds. The highest BCUT2D eigenvalue weighted by molar-refractivity contribution is 5.82. The molecule has 0 spiro atoms. The van der Waals surface area contributed by atoms with Crippen LogP contribution in [-0.4, -0.2) is 15.0 Å². The molecule has 2 aromatic heterocycles. The summed E-state index contributed by atoms with van der Waals surface area (Å²) < 4.78 is 13.7. The second-order valence-corrected chi connectivity index (χ2v) is 3.84. The number of aromatic nitrogens is 3. The molecule has 0 bridgehead atoms. The molecule has 4 nitrogen and oxygen atoms in total. The van der Waals surface area contributed by atoms with E-state index in [4.69, 9.17) is 5.73 Å². The zero-order valence-corrected chi connectivity index (χ0v) is 9.34. The molecule has 1 aromatic carbocycles. The third-order valence-corrected chi connectivity index (χ3v) is 2.61. The van der Waals surface area contributed by atoms with Crippen molar-refractivity contribution in [2.45, 2.75) is 0 Å². The Morgan fingerprint density at radius 2 is 2.00 bits per heavy atom. The summed E-state index contributed by atoms with van der Waals surface area (Å²) in [5.41, 5.74) is 6.83. The van der Waals surface area contributed by atoms with Crippen LogP contribution in [0.15, 0.2) is 42.7 Å². The second kappa shape index (κ2) is 4.03. The predicted molar refractivity (Wildman–Crippen MR) is 67.1 cm³/mol. The Bertz CT molecular complexity index is 727. The average molecular weight is 240 g/mol. The Balaban J connectivity index is 2.22. The zero-order valence-electron chi connectivity index (χ0n) is 9.34. The van der Waals surface area contributed by atoms with Crippen molar-refractivity contribution in [2.24, 2.45) is 0 Å². The SMILES string of the molecule is Nc1ccnc(-c2cnc3cccc(F)c3c2)n1. The van der Waals surface area contributed by atoms with E-state index in [0.717, 1.165) is 0 Å². The first-order valence-electron chi connectivity index (χ1n) is 5.37. The molecule has 0 radical (unpaired) electrons. The summed E-state index contributed by atoms with van der Waals surface area (Å²) in [5.74, 6) is 0.493. The van der Waals surface area contributed by atoms with Crippen LogP contribution in [0, 0.1) is 5.82 Å². The van der Waals surface area contributed by atoms with Crippen molar-refractivity contribution in [3.63, 3.8) is 0 Å². The van der Waals surface area contributed by atoms with Crippen molar-refractivity contribution in [3.05, 3.63) is 48.5 Å². The van der Waals surface area contributed by atoms with E-state index >= 15 is 0 Å². The van der Waals surface area contributed by atoms with Crippen molar-refractivity contribution < 1.29 is 4.39 Å². The van der Waals surface area contributed by atoms with E-state index in [0.29, 0.717) is 28.1 Å². The van der Waals surface area contributed by atoms with E-state index < -0.39 is 0 Å². The van der Waals surface area contributed by atoms with Gasteiger partial charge in [0.2, 0.25) is 0 Å². The number of anilines is 1. The molecular weight excluding hydrogens is 231 g/mol. The fourth-order valence-corrected chi connectivity index (χ4v) is 1.75. The van der Waals surface area contributed by atoms with Crippen LogP contribution < -0.4 is 5.73 Å². The van der Waals surface area contributed by atoms with Gasteiger partial charge in [0.05, 0.1) is 5.52 Å². The smallest absolute Gasteiger partial charge is 0.163 e. The highest BCUT2D eigenvalue weighted by Crippen LogP contribution is 2.22. The number of hydrogen-bond acceptors (Lipinski definition) is 4. The monoisotopic (exact) mass is 240 g/mol. The van der Waals surface area contributed by atoms with Crippen LogP contribution in [0.3, 0.4) is 0 Å². The minimum atomic E-state index is -0.314. The summed E-state index contributed by atoms with van der Waals surface area (Å²) in [6.07, 6.45) is 3.17. The Morgan fingerprint density at radius 3 is 2.83 bits per heavy atom. The highest BCUT2D eigenvalue weighted by Gasteiger charge is 2.06. The van der Waals surface area contributed by atoms with Crippen molar-refractivity contribution in [2.75, 3.05) is 5.73 Å². The maximum absolute atomic E-state index is 13.7. The first-order valence-corrected chi connectivity index (χ1v) is 5.37. The average Bonchev–Trinajstić information content (AvgIpc) is 2.39. The van der Waals surface area contributed by atoms with E-state index in [1.807, 2.05) is 0 Å². The number of rotatable bonds is 1. The lowest BCUT2D eigenvalue weighted by Gasteiger charge is -2.03. The van der Waals surface area contributed by atoms with Gasteiger partial charge in [-0.15, -0.1) is 0 Å². The Hall–Kier alpha value is -2.56. The highest BCUT2D eigenvalue weighted by atomic mass is 19.1. The molecule has 0 aliphatic rings. The number of nitrogens with zero attached hydrogens (tertiary/aromatic N) is 3. The summed E-state index contributed by atoms with van der Waals surface area (Å²) in [7, 11) is 0. The Kier molecular flexibility index (Phi) is 2.37. The molecule has 2 heterocycles. The van der Waals surface area contributed by atoms with Gasteiger partial charge in [-0.25, -0.2) is 14.4 Å². The van der Waals surface area contributed by atoms with Gasteiger partial charge in [0, 0.05) is 23.3 Å². The van der Waals surface area contributed by atoms with Gasteiger partial charge in [-0.1, -0.05) is 6.07 Å². The molecule has 2 N–H and O–H groups in total. The van der Waals surface area contributed by atoms with Crippen LogP contribution in [-0.2, 0) is 0 Å². The van der Waals surface area contributed by atoms with Crippen LogP contribution in [0.2, 0.25) is 0 Å². The van der Waals surface area contributed by atoms with Gasteiger partial charge in [-0.2, -0.15) is 0 Å². The maximum atomic E-state index is 13.7. The third-order valence-electron chi connectivity index (χ3n) is 2.61. The third kappa shape index (κ3) is 1.75. The number of benzene rings is 1. The first kappa shape index (κ1) is 10.6. The fraction of sp³-hybridized carbons (Fsp3) is 0. The van der Waals surface area contributed by atoms with Crippen LogP contribution in [0.25, 0.3) is 22.3 Å². The van der Waals surface area contributed by atoms with Gasteiger partial charge in [0.1, 0.15) is 11.6 Å². The van der Waals surface area contributed by atoms with Crippen molar-refractivity contribution in [1.29, 1.82) is 0 Å². The lowest BCUT2D eigenvalue weighted by molar-refractivity contribution is 0.639. The topological polar surface area (TPSA) is 64.7 Å². The first-order chi connectivity index (χ1) is 8.74. The molecule has 0 unspecified atom stereocenters. The largest absolute Gasteiger partial charge is 0.384 e. The molecule has 3 rings (SSSR count). The Labute approximate surface area is 102 Å². The molecule has 0 fully saturated rings. The van der Waals surface area contributed by atoms with Crippen molar-refractivity contribution >= 4 is 16.7 Å². The van der Waals surface area contributed by atoms with E-state index in [9.17, 15) is 4.39 Å². The molecule has 0 saturated heterocycles. The Morgan fingerprint density at radius 1 is 1.11 bits per heavy atom. The van der Waals surface area contributed by atoms with Gasteiger partial charge in [0.15, 0.2) is 5.82 Å². The molecule has 3 aromatic rings. The lowest BCUT2D eigenvalue weighted by Crippen LogP contribution is -1.95. The van der Waals surface area contributed by atoms with E-state index in [2.05, 4.69) is 15.0 Å². The van der Waals surface area contributed by atoms with E-state index in [1.54, 1.807) is 36.7 Å². The predicted octanol–water partition coefficient (Wildman–Crippen LogP) is 2.41. The number of nitrogen functional groups attached to an aromatic ring is 1. The van der Waals surface area contributed by atoms with Crippen LogP contribution in [0.1, 0.15) is 0 Å². The summed E-state index contributed by atoms with van der Waals surface area (Å²) in [5, 5.41) is 0.445. The number of halogens is 1. The van der Waals surface area contributed by atoms with Gasteiger partial charge in [-0.05, 0) is 24.3 Å². The van der Waals surface area contributed by atoms with Crippen molar-refractivity contribution in [3.8, 4) is 11.4 Å². The number of hydrogen-bond donors (Lipinski definition) is 1. The molecule has 0 atom stereocenters. The molecule has 5 heteroatoms. The van der Waals surface area contributed by atoms with Crippen LogP contribution in [0.4, 0.5) is 10.2 Å². The summed E-state index contributed by atoms with van der Waals surface area (Å²) >= 11 is 0. The molecule has 18 heavy (non-hydrogen) atoms. The van der Waals surface area contributed by atoms with Gasteiger partial charge < -0.3 is 5.73 Å². The van der Waals surface area contributed by atoms with Gasteiger partial charge in [-0.3, -0.25) is 4.98 Å². The lowest BCUT2D eigenvalue weighted by atomic mass is 10.1. The summed E-state index contributed by atoms with van der Waals surface area (Å²) in [6, 6.07) is 8.04. The minimum Gasteiger partial charge on any atom is -0.384 e. The van der Waals surface area contributed by atoms with Gasteiger partial charge in [0.25, 0.3) is 0 Å². The molecule has 88 valence electrons. The summed E-state index contributed by atoms with van der Waals surface area (Å²) in [6.45, 7) is 0. The van der Waals surface area contributed by atoms with Crippen LogP contribution >= 0.6 is 0 Å². The molecular formula is C13H9FN4. The zero-order chi connectivity index (χ0) is 12.5. The second-order valence-electron chi connectivity index (χ2n) is 3.84. The normalized spacial score (nSPS) is 10.7. The maximum Gasteiger partial charge on any atom is 0.163 e. The minimum absolute atomic E-state index is 0.314. The van der Waals surface area contributed by atoms with E-state index in [1.165, 1.54) is 6.07 Å².